The molecule has 0 spiro atoms. The number of nitrogens with two attached hydrogens (primary N) is 1. The maximum absolute atomic E-state index is 13.3. The van der Waals surface area contributed by atoms with Gasteiger partial charge in [0.15, 0.2) is 0 Å². The van der Waals surface area contributed by atoms with E-state index in [1.807, 2.05) is 6.92 Å². The summed E-state index contributed by atoms with van der Waals surface area (Å²) in [6.07, 6.45) is 0.758. The third-order valence-corrected chi connectivity index (χ3v) is 3.89. The molecule has 22 heavy (non-hydrogen) atoms. The van der Waals surface area contributed by atoms with E-state index in [0.717, 1.165) is 6.42 Å². The maximum Gasteiger partial charge on any atom is 0.256 e. The molecule has 1 amide bonds. The molecule has 122 valence electrons. The van der Waals surface area contributed by atoms with Gasteiger partial charge in [-0.2, -0.15) is 0 Å². The zero-order valence-electron chi connectivity index (χ0n) is 12.3. The van der Waals surface area contributed by atoms with Crippen LogP contribution >= 0.6 is 12.4 Å². The fourth-order valence-corrected chi connectivity index (χ4v) is 2.86. The number of ether oxygens (including phenoxy) is 2. The minimum absolute atomic E-state index is 0. The molecule has 1 fully saturated rings. The second-order valence-electron chi connectivity index (χ2n) is 5.55. The summed E-state index contributed by atoms with van der Waals surface area (Å²) >= 11 is 0. The Morgan fingerprint density at radius 1 is 1.45 bits per heavy atom. The van der Waals surface area contributed by atoms with Crippen molar-refractivity contribution >= 4 is 24.0 Å². The lowest BCUT2D eigenvalue weighted by molar-refractivity contribution is -0.129. The van der Waals surface area contributed by atoms with E-state index in [0.29, 0.717) is 30.9 Å². The molecule has 5 nitrogen and oxygen atoms in total. The van der Waals surface area contributed by atoms with E-state index in [2.05, 4.69) is 0 Å². The number of rotatable bonds is 2. The summed E-state index contributed by atoms with van der Waals surface area (Å²) in [6, 6.07) is 4.21. The second-order valence-corrected chi connectivity index (χ2v) is 5.55. The molecule has 0 aromatic heterocycles. The lowest BCUT2D eigenvalue weighted by Crippen LogP contribution is -2.47. The molecule has 2 aliphatic rings. The largest absolute Gasteiger partial charge is 0.487 e. The molecule has 3 atom stereocenters. The van der Waals surface area contributed by atoms with Crippen LogP contribution in [-0.2, 0) is 9.53 Å². The number of fused-ring (bicyclic) bond motifs is 1. The smallest absolute Gasteiger partial charge is 0.256 e. The fraction of sp³-hybridized carbons (Fsp3) is 0.533. The first-order valence-electron chi connectivity index (χ1n) is 7.21. The Balaban J connectivity index is 0.00000176. The van der Waals surface area contributed by atoms with Crippen molar-refractivity contribution in [3.8, 4) is 5.75 Å². The van der Waals surface area contributed by atoms with E-state index < -0.39 is 6.10 Å². The van der Waals surface area contributed by atoms with Gasteiger partial charge in [-0.1, -0.05) is 0 Å². The Hall–Kier alpha value is -1.37. The van der Waals surface area contributed by atoms with Gasteiger partial charge in [0.1, 0.15) is 23.8 Å². The van der Waals surface area contributed by atoms with E-state index in [4.69, 9.17) is 15.2 Å². The minimum Gasteiger partial charge on any atom is -0.487 e. The van der Waals surface area contributed by atoms with Crippen LogP contribution in [0.2, 0.25) is 0 Å². The average Bonchev–Trinajstić information content (AvgIpc) is 2.94. The number of halogens is 2. The number of carbonyl (C=O) groups excluding carboxylic acids is 1. The maximum atomic E-state index is 13.3. The predicted molar refractivity (Wildman–Crippen MR) is 83.0 cm³/mol. The van der Waals surface area contributed by atoms with Gasteiger partial charge in [0, 0.05) is 12.6 Å². The molecule has 2 heterocycles. The number of amides is 1. The highest BCUT2D eigenvalue weighted by molar-refractivity contribution is 5.98. The molecule has 1 aromatic rings. The molecule has 1 saturated heterocycles. The van der Waals surface area contributed by atoms with E-state index in [9.17, 15) is 9.18 Å². The van der Waals surface area contributed by atoms with Crippen LogP contribution < -0.4 is 15.4 Å². The van der Waals surface area contributed by atoms with Gasteiger partial charge in [-0.3, -0.25) is 4.79 Å². The number of hydrogen-bond acceptors (Lipinski definition) is 4. The van der Waals surface area contributed by atoms with Crippen molar-refractivity contribution in [2.24, 2.45) is 5.73 Å². The van der Waals surface area contributed by atoms with Gasteiger partial charge in [0.05, 0.1) is 18.3 Å². The molecule has 1 aromatic carbocycles. The van der Waals surface area contributed by atoms with Crippen LogP contribution in [0.3, 0.4) is 0 Å². The number of hydrogen-bond donors (Lipinski definition) is 1. The molecule has 2 N–H and O–H groups in total. The van der Waals surface area contributed by atoms with E-state index in [1.165, 1.54) is 12.1 Å². The van der Waals surface area contributed by atoms with Crippen LogP contribution in [-0.4, -0.2) is 37.3 Å². The second kappa shape index (κ2) is 6.81. The highest BCUT2D eigenvalue weighted by atomic mass is 35.5. The quantitative estimate of drug-likeness (QED) is 0.899. The topological polar surface area (TPSA) is 64.8 Å². The molecular weight excluding hydrogens is 311 g/mol. The Morgan fingerprint density at radius 2 is 2.23 bits per heavy atom. The van der Waals surface area contributed by atoms with E-state index in [-0.39, 0.29) is 36.3 Å². The van der Waals surface area contributed by atoms with Crippen LogP contribution in [0.4, 0.5) is 10.1 Å². The Labute approximate surface area is 135 Å². The summed E-state index contributed by atoms with van der Waals surface area (Å²) in [6.45, 7) is 2.71. The van der Waals surface area contributed by atoms with Crippen molar-refractivity contribution in [1.29, 1.82) is 0 Å². The SMILES string of the molecule is CC1CN(C(=O)[C@@H]2CC[C@H](CN)O2)c2ccc(F)cc2O1.Cl. The molecule has 7 heteroatoms. The van der Waals surface area contributed by atoms with Gasteiger partial charge in [0.25, 0.3) is 5.91 Å². The van der Waals surface area contributed by atoms with Crippen molar-refractivity contribution in [3.63, 3.8) is 0 Å². The summed E-state index contributed by atoms with van der Waals surface area (Å²) in [4.78, 5) is 14.3. The Morgan fingerprint density at radius 3 is 2.91 bits per heavy atom. The van der Waals surface area contributed by atoms with Gasteiger partial charge < -0.3 is 20.1 Å². The highest BCUT2D eigenvalue weighted by Gasteiger charge is 2.36. The van der Waals surface area contributed by atoms with Crippen molar-refractivity contribution in [1.82, 2.24) is 0 Å². The first kappa shape index (κ1) is 17.0. The monoisotopic (exact) mass is 330 g/mol. The van der Waals surface area contributed by atoms with Gasteiger partial charge in [-0.05, 0) is 31.9 Å². The highest BCUT2D eigenvalue weighted by Crippen LogP contribution is 2.35. The van der Waals surface area contributed by atoms with Crippen molar-refractivity contribution in [2.45, 2.75) is 38.1 Å². The van der Waals surface area contributed by atoms with Crippen molar-refractivity contribution in [2.75, 3.05) is 18.0 Å². The first-order valence-corrected chi connectivity index (χ1v) is 7.21. The van der Waals surface area contributed by atoms with Gasteiger partial charge >= 0.3 is 0 Å². The van der Waals surface area contributed by atoms with Gasteiger partial charge in [-0.15, -0.1) is 12.4 Å². The predicted octanol–water partition coefficient (Wildman–Crippen LogP) is 1.87. The van der Waals surface area contributed by atoms with E-state index >= 15 is 0 Å². The lowest BCUT2D eigenvalue weighted by Gasteiger charge is -2.34. The molecular formula is C15H20ClFN2O3. The minimum atomic E-state index is -0.471. The number of nitrogens with zero attached hydrogens (tertiary/aromatic N) is 1. The van der Waals surface area contributed by atoms with Crippen molar-refractivity contribution in [3.05, 3.63) is 24.0 Å². The Bertz CT molecular complexity index is 558. The number of benzene rings is 1. The molecule has 0 aliphatic carbocycles. The zero-order valence-corrected chi connectivity index (χ0v) is 13.1. The van der Waals surface area contributed by atoms with Crippen LogP contribution in [0.25, 0.3) is 0 Å². The third kappa shape index (κ3) is 3.19. The Kier molecular flexibility index (Phi) is 5.26. The normalized spacial score (nSPS) is 26.9. The standard InChI is InChI=1S/C15H19FN2O3.ClH/c1-9-8-18(12-4-2-10(16)6-14(12)20-9)15(19)13-5-3-11(7-17)21-13;/h2,4,6,9,11,13H,3,5,7-8,17H2,1H3;1H/t9?,11-,13+;/m1./s1. The van der Waals surface area contributed by atoms with Crippen LogP contribution in [0.1, 0.15) is 19.8 Å². The van der Waals surface area contributed by atoms with E-state index in [1.54, 1.807) is 11.0 Å². The summed E-state index contributed by atoms with van der Waals surface area (Å²) in [5, 5.41) is 0. The fourth-order valence-electron chi connectivity index (χ4n) is 2.86. The first-order chi connectivity index (χ1) is 10.1. The van der Waals surface area contributed by atoms with Crippen LogP contribution in [0, 0.1) is 5.82 Å². The zero-order chi connectivity index (χ0) is 15.0. The number of carbonyl (C=O) groups is 1. The summed E-state index contributed by atoms with van der Waals surface area (Å²) < 4.78 is 24.6. The molecule has 1 unspecified atom stereocenters. The summed E-state index contributed by atoms with van der Waals surface area (Å²) in [5.74, 6) is -0.0833. The molecule has 0 saturated carbocycles. The summed E-state index contributed by atoms with van der Waals surface area (Å²) in [7, 11) is 0. The van der Waals surface area contributed by atoms with Gasteiger partial charge in [0.2, 0.25) is 0 Å². The lowest BCUT2D eigenvalue weighted by atomic mass is 10.1. The van der Waals surface area contributed by atoms with Gasteiger partial charge in [-0.25, -0.2) is 4.39 Å². The number of anilines is 1. The van der Waals surface area contributed by atoms with Crippen LogP contribution in [0.5, 0.6) is 5.75 Å². The third-order valence-electron chi connectivity index (χ3n) is 3.89. The molecule has 0 radical (unpaired) electrons. The average molecular weight is 331 g/mol. The summed E-state index contributed by atoms with van der Waals surface area (Å²) in [5.41, 5.74) is 6.17. The molecule has 0 bridgehead atoms. The van der Waals surface area contributed by atoms with Crippen molar-refractivity contribution < 1.29 is 18.7 Å². The molecule has 3 rings (SSSR count). The molecule has 2 aliphatic heterocycles. The van der Waals surface area contributed by atoms with Crippen LogP contribution in [0.15, 0.2) is 18.2 Å².